The fourth-order valence-corrected chi connectivity index (χ4v) is 4.83. The molecule has 5 rings (SSSR count). The van der Waals surface area contributed by atoms with E-state index in [0.29, 0.717) is 23.3 Å². The maximum atomic E-state index is 13.1. The van der Waals surface area contributed by atoms with Crippen LogP contribution < -0.4 is 0 Å². The summed E-state index contributed by atoms with van der Waals surface area (Å²) in [5.41, 5.74) is 3.13. The van der Waals surface area contributed by atoms with E-state index >= 15 is 0 Å². The average Bonchev–Trinajstić information content (AvgIpc) is 3.43. The Balaban J connectivity index is 1.41. The molecular formula is C22H22N4O6. The molecule has 10 heteroatoms. The predicted molar refractivity (Wildman–Crippen MR) is 111 cm³/mol. The van der Waals surface area contributed by atoms with E-state index in [1.54, 1.807) is 6.92 Å². The molecule has 1 saturated heterocycles. The molecule has 10 nitrogen and oxygen atoms in total. The molecule has 0 spiro atoms. The lowest BCUT2D eigenvalue weighted by Gasteiger charge is -2.44. The van der Waals surface area contributed by atoms with E-state index in [2.05, 4.69) is 5.10 Å². The van der Waals surface area contributed by atoms with E-state index in [0.717, 1.165) is 25.1 Å². The van der Waals surface area contributed by atoms with Crippen molar-refractivity contribution in [2.75, 3.05) is 0 Å². The van der Waals surface area contributed by atoms with Gasteiger partial charge in [0.1, 0.15) is 12.3 Å². The second-order valence-electron chi connectivity index (χ2n) is 8.42. The van der Waals surface area contributed by atoms with Crippen LogP contribution in [0.1, 0.15) is 36.7 Å². The standard InChI is InChI=1S/C22H22N4O6/c1-12(27)19-18-10-16(17-9-15-3-2-8-24(15)23-17)20(25(18)21(19)28)22(29)32-11-13-4-6-14(7-5-13)26(30)31/h4-7,9,12,18-19,27H,2-3,8,10-11H2,1H3/t12-,18-,19?/m1/s1. The number of fused-ring (bicyclic) bond motifs is 2. The van der Waals surface area contributed by atoms with Crippen LogP contribution in [-0.4, -0.2) is 48.7 Å². The fraction of sp³-hybridized carbons (Fsp3) is 0.409. The molecule has 3 atom stereocenters. The largest absolute Gasteiger partial charge is 0.456 e. The highest BCUT2D eigenvalue weighted by atomic mass is 16.6. The van der Waals surface area contributed by atoms with Crippen LogP contribution in [0.15, 0.2) is 36.0 Å². The van der Waals surface area contributed by atoms with Crippen LogP contribution in [0.5, 0.6) is 0 Å². The molecule has 1 aromatic carbocycles. The number of nitro benzene ring substituents is 1. The number of β-lactam (4-membered cyclic amide) rings is 1. The minimum absolute atomic E-state index is 0.0492. The minimum atomic E-state index is -0.813. The summed E-state index contributed by atoms with van der Waals surface area (Å²) in [4.78, 5) is 37.5. The number of benzene rings is 1. The Hall–Kier alpha value is -3.53. The van der Waals surface area contributed by atoms with Gasteiger partial charge >= 0.3 is 5.97 Å². The molecule has 1 aromatic heterocycles. The minimum Gasteiger partial charge on any atom is -0.456 e. The second-order valence-corrected chi connectivity index (χ2v) is 8.42. The van der Waals surface area contributed by atoms with Gasteiger partial charge in [0, 0.05) is 29.9 Å². The van der Waals surface area contributed by atoms with Crippen LogP contribution in [0.2, 0.25) is 0 Å². The average molecular weight is 438 g/mol. The first kappa shape index (κ1) is 20.4. The van der Waals surface area contributed by atoms with Gasteiger partial charge in [-0.2, -0.15) is 5.10 Å². The number of esters is 1. The zero-order valence-electron chi connectivity index (χ0n) is 17.4. The van der Waals surface area contributed by atoms with Gasteiger partial charge in [0.25, 0.3) is 5.69 Å². The number of aryl methyl sites for hydroxylation is 2. The zero-order valence-corrected chi connectivity index (χ0v) is 17.4. The Bertz CT molecular complexity index is 1130. The third-order valence-electron chi connectivity index (χ3n) is 6.41. The lowest BCUT2D eigenvalue weighted by Crippen LogP contribution is -2.61. The van der Waals surface area contributed by atoms with Crippen LogP contribution in [0.4, 0.5) is 5.69 Å². The van der Waals surface area contributed by atoms with Gasteiger partial charge in [-0.1, -0.05) is 0 Å². The van der Waals surface area contributed by atoms with Gasteiger partial charge in [0.05, 0.1) is 28.7 Å². The number of carbonyl (C=O) groups is 2. The third kappa shape index (κ3) is 3.18. The predicted octanol–water partition coefficient (Wildman–Crippen LogP) is 1.80. The van der Waals surface area contributed by atoms with Gasteiger partial charge in [-0.05, 0) is 49.9 Å². The number of nitro groups is 1. The number of carbonyl (C=O) groups excluding carboxylic acids is 2. The number of ether oxygens (including phenoxy) is 1. The van der Waals surface area contributed by atoms with Crippen molar-refractivity contribution in [3.8, 4) is 0 Å². The molecule has 166 valence electrons. The summed E-state index contributed by atoms with van der Waals surface area (Å²) in [6.07, 6.45) is 1.57. The monoisotopic (exact) mass is 438 g/mol. The van der Waals surface area contributed by atoms with Gasteiger partial charge in [0.2, 0.25) is 5.91 Å². The maximum Gasteiger partial charge on any atom is 0.355 e. The van der Waals surface area contributed by atoms with Gasteiger partial charge in [-0.15, -0.1) is 0 Å². The summed E-state index contributed by atoms with van der Waals surface area (Å²) < 4.78 is 7.40. The number of aromatic nitrogens is 2. The number of non-ortho nitro benzene ring substituents is 1. The lowest BCUT2D eigenvalue weighted by atomic mass is 9.83. The van der Waals surface area contributed by atoms with Crippen LogP contribution in [0.25, 0.3) is 5.57 Å². The molecule has 1 N–H and O–H groups in total. The molecule has 2 aromatic rings. The molecule has 1 amide bonds. The second kappa shape index (κ2) is 7.56. The number of hydrogen-bond donors (Lipinski definition) is 1. The van der Waals surface area contributed by atoms with E-state index in [1.165, 1.54) is 29.2 Å². The topological polar surface area (TPSA) is 128 Å². The highest BCUT2D eigenvalue weighted by Crippen LogP contribution is 2.47. The van der Waals surface area contributed by atoms with Gasteiger partial charge in [0.15, 0.2) is 0 Å². The first-order valence-corrected chi connectivity index (χ1v) is 10.6. The molecule has 4 heterocycles. The summed E-state index contributed by atoms with van der Waals surface area (Å²) in [6.45, 7) is 2.32. The maximum absolute atomic E-state index is 13.1. The fourth-order valence-electron chi connectivity index (χ4n) is 4.83. The van der Waals surface area contributed by atoms with E-state index in [4.69, 9.17) is 4.74 Å². The molecular weight excluding hydrogens is 416 g/mol. The Morgan fingerprint density at radius 1 is 1.38 bits per heavy atom. The van der Waals surface area contributed by atoms with Crippen LogP contribution in [-0.2, 0) is 33.9 Å². The Labute approximate surface area is 183 Å². The van der Waals surface area contributed by atoms with Crippen LogP contribution in [0, 0.1) is 16.0 Å². The molecule has 0 saturated carbocycles. The number of amides is 1. The van der Waals surface area contributed by atoms with Crippen molar-refractivity contribution >= 4 is 23.1 Å². The molecule has 32 heavy (non-hydrogen) atoms. The molecule has 3 aliphatic rings. The number of aliphatic hydroxyl groups is 1. The Morgan fingerprint density at radius 3 is 2.78 bits per heavy atom. The Morgan fingerprint density at radius 2 is 2.12 bits per heavy atom. The molecule has 0 aliphatic carbocycles. The van der Waals surface area contributed by atoms with Crippen LogP contribution in [0.3, 0.4) is 0 Å². The first-order chi connectivity index (χ1) is 15.3. The van der Waals surface area contributed by atoms with Crippen molar-refractivity contribution in [3.63, 3.8) is 0 Å². The van der Waals surface area contributed by atoms with Crippen molar-refractivity contribution in [3.05, 3.63) is 63.1 Å². The van der Waals surface area contributed by atoms with E-state index in [9.17, 15) is 24.8 Å². The first-order valence-electron chi connectivity index (χ1n) is 10.6. The SMILES string of the molecule is C[C@@H](O)C1C(=O)N2C(C(=O)OCc3ccc([N+](=O)[O-])cc3)=C(c3cc4n(n3)CCC4)C[C@H]12. The van der Waals surface area contributed by atoms with Crippen molar-refractivity contribution in [2.24, 2.45) is 5.92 Å². The summed E-state index contributed by atoms with van der Waals surface area (Å²) in [7, 11) is 0. The van der Waals surface area contributed by atoms with E-state index < -0.39 is 22.9 Å². The normalized spacial score (nSPS) is 22.4. The molecule has 0 bridgehead atoms. The number of hydrogen-bond acceptors (Lipinski definition) is 7. The smallest absolute Gasteiger partial charge is 0.355 e. The third-order valence-corrected chi connectivity index (χ3v) is 6.41. The summed E-state index contributed by atoms with van der Waals surface area (Å²) in [5.74, 6) is -1.50. The molecule has 1 fully saturated rings. The number of rotatable bonds is 6. The zero-order chi connectivity index (χ0) is 22.6. The van der Waals surface area contributed by atoms with Gasteiger partial charge in [-0.3, -0.25) is 19.6 Å². The summed E-state index contributed by atoms with van der Waals surface area (Å²) >= 11 is 0. The quantitative estimate of drug-likeness (QED) is 0.315. The van der Waals surface area contributed by atoms with E-state index in [1.807, 2.05) is 10.7 Å². The van der Waals surface area contributed by atoms with E-state index in [-0.39, 0.29) is 29.9 Å². The van der Waals surface area contributed by atoms with Crippen molar-refractivity contribution in [2.45, 2.75) is 51.5 Å². The van der Waals surface area contributed by atoms with Crippen molar-refractivity contribution in [1.82, 2.24) is 14.7 Å². The lowest BCUT2D eigenvalue weighted by molar-refractivity contribution is -0.384. The number of nitrogens with zero attached hydrogens (tertiary/aromatic N) is 4. The molecule has 3 aliphatic heterocycles. The summed E-state index contributed by atoms with van der Waals surface area (Å²) in [6, 6.07) is 7.40. The molecule has 0 radical (unpaired) electrons. The highest BCUT2D eigenvalue weighted by Gasteiger charge is 2.57. The van der Waals surface area contributed by atoms with Crippen molar-refractivity contribution in [1.29, 1.82) is 0 Å². The Kier molecular flexibility index (Phi) is 4.81. The van der Waals surface area contributed by atoms with Crippen molar-refractivity contribution < 1.29 is 24.4 Å². The molecule has 1 unspecified atom stereocenters. The van der Waals surface area contributed by atoms with Crippen LogP contribution >= 0.6 is 0 Å². The summed E-state index contributed by atoms with van der Waals surface area (Å²) in [5, 5.41) is 25.5. The number of aliphatic hydroxyl groups excluding tert-OH is 1. The van der Waals surface area contributed by atoms with Gasteiger partial charge in [-0.25, -0.2) is 4.79 Å². The highest BCUT2D eigenvalue weighted by molar-refractivity contribution is 6.06. The van der Waals surface area contributed by atoms with Gasteiger partial charge < -0.3 is 14.7 Å².